The molecule has 94 valence electrons. The van der Waals surface area contributed by atoms with Crippen LogP contribution in [0.5, 0.6) is 5.75 Å². The van der Waals surface area contributed by atoms with Crippen molar-refractivity contribution in [3.05, 3.63) is 29.8 Å². The molecule has 17 heavy (non-hydrogen) atoms. The molecule has 2 rings (SSSR count). The Kier molecular flexibility index (Phi) is 4.40. The van der Waals surface area contributed by atoms with Crippen molar-refractivity contribution in [2.45, 2.75) is 38.3 Å². The molecule has 1 fully saturated rings. The van der Waals surface area contributed by atoms with Gasteiger partial charge in [-0.25, -0.2) is 0 Å². The standard InChI is InChI=1S/C14H21NO2/c1-2-11-4-3-5-14(8-11)17-10-13(9-16)15-12-6-7-12/h3-5,8,12-13,15-16H,2,6-7,9-10H2,1H3. The number of ether oxygens (including phenoxy) is 1. The highest BCUT2D eigenvalue weighted by molar-refractivity contribution is 5.28. The molecule has 1 saturated carbocycles. The van der Waals surface area contributed by atoms with Crippen molar-refractivity contribution >= 4 is 0 Å². The first kappa shape index (κ1) is 12.4. The van der Waals surface area contributed by atoms with Gasteiger partial charge in [-0.1, -0.05) is 19.1 Å². The van der Waals surface area contributed by atoms with Crippen molar-refractivity contribution in [2.24, 2.45) is 0 Å². The largest absolute Gasteiger partial charge is 0.492 e. The lowest BCUT2D eigenvalue weighted by Crippen LogP contribution is -2.39. The van der Waals surface area contributed by atoms with E-state index in [2.05, 4.69) is 24.4 Å². The Morgan fingerprint density at radius 2 is 2.29 bits per heavy atom. The second-order valence-corrected chi connectivity index (χ2v) is 4.63. The van der Waals surface area contributed by atoms with E-state index in [0.29, 0.717) is 12.6 Å². The fraction of sp³-hybridized carbons (Fsp3) is 0.571. The molecular weight excluding hydrogens is 214 g/mol. The van der Waals surface area contributed by atoms with Crippen LogP contribution in [0, 0.1) is 0 Å². The van der Waals surface area contributed by atoms with Crippen LogP contribution in [-0.2, 0) is 6.42 Å². The summed E-state index contributed by atoms with van der Waals surface area (Å²) >= 11 is 0. The summed E-state index contributed by atoms with van der Waals surface area (Å²) in [6.45, 7) is 2.79. The maximum atomic E-state index is 9.24. The summed E-state index contributed by atoms with van der Waals surface area (Å²) in [4.78, 5) is 0. The van der Waals surface area contributed by atoms with E-state index in [1.165, 1.54) is 18.4 Å². The Labute approximate surface area is 103 Å². The molecule has 2 N–H and O–H groups in total. The van der Waals surface area contributed by atoms with Crippen LogP contribution in [0.25, 0.3) is 0 Å². The molecular formula is C14H21NO2. The Bertz CT molecular complexity index is 350. The molecule has 0 saturated heterocycles. The first-order valence-corrected chi connectivity index (χ1v) is 6.40. The quantitative estimate of drug-likeness (QED) is 0.756. The third kappa shape index (κ3) is 4.02. The van der Waals surface area contributed by atoms with Crippen LogP contribution in [0.4, 0.5) is 0 Å². The summed E-state index contributed by atoms with van der Waals surface area (Å²) < 4.78 is 5.71. The van der Waals surface area contributed by atoms with Crippen LogP contribution in [0.1, 0.15) is 25.3 Å². The Hall–Kier alpha value is -1.06. The summed E-state index contributed by atoms with van der Waals surface area (Å²) in [6, 6.07) is 8.77. The second-order valence-electron chi connectivity index (χ2n) is 4.63. The van der Waals surface area contributed by atoms with Gasteiger partial charge in [-0.05, 0) is 37.0 Å². The smallest absolute Gasteiger partial charge is 0.119 e. The molecule has 0 spiro atoms. The summed E-state index contributed by atoms with van der Waals surface area (Å²) in [5, 5.41) is 12.6. The van der Waals surface area contributed by atoms with Gasteiger partial charge in [-0.3, -0.25) is 0 Å². The number of aliphatic hydroxyl groups is 1. The van der Waals surface area contributed by atoms with Crippen molar-refractivity contribution in [2.75, 3.05) is 13.2 Å². The number of rotatable bonds is 7. The minimum Gasteiger partial charge on any atom is -0.492 e. The molecule has 1 unspecified atom stereocenters. The van der Waals surface area contributed by atoms with Crippen LogP contribution in [-0.4, -0.2) is 30.4 Å². The van der Waals surface area contributed by atoms with Gasteiger partial charge in [0, 0.05) is 6.04 Å². The van der Waals surface area contributed by atoms with Gasteiger partial charge in [-0.15, -0.1) is 0 Å². The van der Waals surface area contributed by atoms with Crippen LogP contribution < -0.4 is 10.1 Å². The van der Waals surface area contributed by atoms with Gasteiger partial charge in [0.1, 0.15) is 12.4 Å². The monoisotopic (exact) mass is 235 g/mol. The maximum absolute atomic E-state index is 9.24. The second kappa shape index (κ2) is 6.03. The van der Waals surface area contributed by atoms with Crippen LogP contribution in [0.3, 0.4) is 0 Å². The van der Waals surface area contributed by atoms with Gasteiger partial charge >= 0.3 is 0 Å². The van der Waals surface area contributed by atoms with Crippen molar-refractivity contribution in [1.82, 2.24) is 5.32 Å². The van der Waals surface area contributed by atoms with E-state index >= 15 is 0 Å². The molecule has 0 aliphatic heterocycles. The normalized spacial score (nSPS) is 16.8. The van der Waals surface area contributed by atoms with Crippen molar-refractivity contribution < 1.29 is 9.84 Å². The number of hydrogen-bond donors (Lipinski definition) is 2. The van der Waals surface area contributed by atoms with Crippen molar-refractivity contribution in [3.8, 4) is 5.75 Å². The molecule has 0 radical (unpaired) electrons. The topological polar surface area (TPSA) is 41.5 Å². The Balaban J connectivity index is 1.82. The summed E-state index contributed by atoms with van der Waals surface area (Å²) in [7, 11) is 0. The van der Waals surface area contributed by atoms with Gasteiger partial charge < -0.3 is 15.2 Å². The van der Waals surface area contributed by atoms with Crippen LogP contribution >= 0.6 is 0 Å². The van der Waals surface area contributed by atoms with E-state index in [1.54, 1.807) is 0 Å². The van der Waals surface area contributed by atoms with Gasteiger partial charge in [0.15, 0.2) is 0 Å². The average molecular weight is 235 g/mol. The molecule has 1 atom stereocenters. The minimum atomic E-state index is 0.0489. The molecule has 1 aliphatic carbocycles. The minimum absolute atomic E-state index is 0.0489. The maximum Gasteiger partial charge on any atom is 0.119 e. The molecule has 0 aromatic heterocycles. The van der Waals surface area contributed by atoms with E-state index in [0.717, 1.165) is 12.2 Å². The molecule has 1 aliphatic rings. The molecule has 1 aromatic carbocycles. The van der Waals surface area contributed by atoms with E-state index < -0.39 is 0 Å². The first-order chi connectivity index (χ1) is 8.31. The zero-order valence-electron chi connectivity index (χ0n) is 10.4. The number of hydrogen-bond acceptors (Lipinski definition) is 3. The highest BCUT2D eigenvalue weighted by atomic mass is 16.5. The van der Waals surface area contributed by atoms with E-state index in [1.807, 2.05) is 12.1 Å². The average Bonchev–Trinajstić information content (AvgIpc) is 3.18. The lowest BCUT2D eigenvalue weighted by atomic mass is 10.2. The van der Waals surface area contributed by atoms with Gasteiger partial charge in [-0.2, -0.15) is 0 Å². The van der Waals surface area contributed by atoms with Crippen molar-refractivity contribution in [3.63, 3.8) is 0 Å². The fourth-order valence-corrected chi connectivity index (χ4v) is 1.79. The van der Waals surface area contributed by atoms with Crippen molar-refractivity contribution in [1.29, 1.82) is 0 Å². The summed E-state index contributed by atoms with van der Waals surface area (Å²) in [5.74, 6) is 0.889. The van der Waals surface area contributed by atoms with E-state index in [9.17, 15) is 5.11 Å². The lowest BCUT2D eigenvalue weighted by molar-refractivity contribution is 0.182. The number of nitrogens with one attached hydrogen (secondary N) is 1. The Morgan fingerprint density at radius 3 is 2.94 bits per heavy atom. The molecule has 0 heterocycles. The summed E-state index contributed by atoms with van der Waals surface area (Å²) in [5.41, 5.74) is 1.28. The number of aliphatic hydroxyl groups excluding tert-OH is 1. The molecule has 3 heteroatoms. The highest BCUT2D eigenvalue weighted by Gasteiger charge is 2.24. The van der Waals surface area contributed by atoms with Gasteiger partial charge in [0.2, 0.25) is 0 Å². The third-order valence-corrected chi connectivity index (χ3v) is 3.03. The summed E-state index contributed by atoms with van der Waals surface area (Å²) in [6.07, 6.45) is 3.46. The molecule has 0 amide bonds. The van der Waals surface area contributed by atoms with E-state index in [-0.39, 0.29) is 12.6 Å². The predicted molar refractivity (Wildman–Crippen MR) is 68.3 cm³/mol. The van der Waals surface area contributed by atoms with E-state index in [4.69, 9.17) is 4.74 Å². The first-order valence-electron chi connectivity index (χ1n) is 6.40. The SMILES string of the molecule is CCc1cccc(OCC(CO)NC2CC2)c1. The molecule has 1 aromatic rings. The number of aryl methyl sites for hydroxylation is 1. The zero-order chi connectivity index (χ0) is 12.1. The number of benzene rings is 1. The van der Waals surface area contributed by atoms with Crippen LogP contribution in [0.2, 0.25) is 0 Å². The van der Waals surface area contributed by atoms with Crippen LogP contribution in [0.15, 0.2) is 24.3 Å². The lowest BCUT2D eigenvalue weighted by Gasteiger charge is -2.17. The highest BCUT2D eigenvalue weighted by Crippen LogP contribution is 2.20. The Morgan fingerprint density at radius 1 is 1.47 bits per heavy atom. The van der Waals surface area contributed by atoms with Gasteiger partial charge in [0.25, 0.3) is 0 Å². The predicted octanol–water partition coefficient (Wildman–Crippen LogP) is 1.74. The fourth-order valence-electron chi connectivity index (χ4n) is 1.79. The van der Waals surface area contributed by atoms with Gasteiger partial charge in [0.05, 0.1) is 12.6 Å². The zero-order valence-corrected chi connectivity index (χ0v) is 10.4. The molecule has 0 bridgehead atoms. The molecule has 3 nitrogen and oxygen atoms in total. The third-order valence-electron chi connectivity index (χ3n) is 3.03.